The average Bonchev–Trinajstić information content (AvgIpc) is 3.50. The van der Waals surface area contributed by atoms with Gasteiger partial charge in [0.1, 0.15) is 11.5 Å². The van der Waals surface area contributed by atoms with E-state index in [1.807, 2.05) is 59.3 Å². The molecule has 32 heavy (non-hydrogen) atoms. The van der Waals surface area contributed by atoms with Gasteiger partial charge in [-0.15, -0.1) is 0 Å². The predicted molar refractivity (Wildman–Crippen MR) is 121 cm³/mol. The minimum atomic E-state index is -0.199. The van der Waals surface area contributed by atoms with E-state index in [1.54, 1.807) is 26.7 Å². The van der Waals surface area contributed by atoms with Crippen molar-refractivity contribution in [2.24, 2.45) is 0 Å². The van der Waals surface area contributed by atoms with Crippen molar-refractivity contribution >= 4 is 11.7 Å². The Balaban J connectivity index is 1.33. The summed E-state index contributed by atoms with van der Waals surface area (Å²) in [7, 11) is 3.27. The predicted octanol–water partition coefficient (Wildman–Crippen LogP) is 3.71. The van der Waals surface area contributed by atoms with Crippen LogP contribution in [0, 0.1) is 0 Å². The number of rotatable bonds is 9. The van der Waals surface area contributed by atoms with E-state index in [2.05, 4.69) is 20.5 Å². The summed E-state index contributed by atoms with van der Waals surface area (Å²) in [6, 6.07) is 15.2. The molecule has 4 aromatic rings. The fourth-order valence-electron chi connectivity index (χ4n) is 3.38. The van der Waals surface area contributed by atoms with Crippen molar-refractivity contribution < 1.29 is 14.3 Å². The summed E-state index contributed by atoms with van der Waals surface area (Å²) in [6.07, 6.45) is 6.93. The monoisotopic (exact) mass is 431 g/mol. The number of carbonyl (C=O) groups is 1. The lowest BCUT2D eigenvalue weighted by atomic mass is 10.1. The number of hydrogen-bond acceptors (Lipinski definition) is 5. The Labute approximate surface area is 186 Å². The molecular formula is C24H25N5O3. The van der Waals surface area contributed by atoms with E-state index in [9.17, 15) is 4.79 Å². The van der Waals surface area contributed by atoms with Gasteiger partial charge in [0.05, 0.1) is 20.5 Å². The zero-order chi connectivity index (χ0) is 22.3. The standard InChI is InChI=1S/C24H25N5O3/c1-31-21-11-18(12-22(14-21)32-2)5-8-20-13-23(28-27-20)26-24(30)19-6-3-17(4-7-19)15-29-10-9-25-16-29/h3-4,6-7,9-14,16H,5,8,15H2,1-2H3,(H2,26,27,28,30). The molecule has 0 saturated heterocycles. The lowest BCUT2D eigenvalue weighted by Gasteiger charge is -2.08. The second-order valence-corrected chi connectivity index (χ2v) is 7.39. The Kier molecular flexibility index (Phi) is 6.50. The van der Waals surface area contributed by atoms with Crippen molar-refractivity contribution in [2.45, 2.75) is 19.4 Å². The SMILES string of the molecule is COc1cc(CCc2cc(NC(=O)c3ccc(Cn4ccnc4)cc3)n[nH]2)cc(OC)c1. The second-order valence-electron chi connectivity index (χ2n) is 7.39. The van der Waals surface area contributed by atoms with E-state index < -0.39 is 0 Å². The first-order valence-electron chi connectivity index (χ1n) is 10.2. The number of nitrogens with one attached hydrogen (secondary N) is 2. The number of aromatic amines is 1. The fraction of sp³-hybridized carbons (Fsp3) is 0.208. The third-order valence-electron chi connectivity index (χ3n) is 5.11. The number of imidazole rings is 1. The van der Waals surface area contributed by atoms with Gasteiger partial charge in [-0.1, -0.05) is 12.1 Å². The molecule has 0 fully saturated rings. The minimum Gasteiger partial charge on any atom is -0.497 e. The summed E-state index contributed by atoms with van der Waals surface area (Å²) in [5.41, 5.74) is 3.69. The highest BCUT2D eigenvalue weighted by molar-refractivity contribution is 6.03. The van der Waals surface area contributed by atoms with Crippen LogP contribution in [0.15, 0.2) is 67.3 Å². The van der Waals surface area contributed by atoms with E-state index in [0.29, 0.717) is 17.9 Å². The van der Waals surface area contributed by atoms with Crippen molar-refractivity contribution in [1.29, 1.82) is 0 Å². The van der Waals surface area contributed by atoms with Gasteiger partial charge >= 0.3 is 0 Å². The highest BCUT2D eigenvalue weighted by Crippen LogP contribution is 2.23. The molecular weight excluding hydrogens is 406 g/mol. The van der Waals surface area contributed by atoms with Crippen molar-refractivity contribution in [1.82, 2.24) is 19.7 Å². The molecule has 2 aromatic heterocycles. The van der Waals surface area contributed by atoms with Crippen LogP contribution in [0.25, 0.3) is 0 Å². The average molecular weight is 431 g/mol. The third kappa shape index (κ3) is 5.34. The van der Waals surface area contributed by atoms with E-state index in [4.69, 9.17) is 9.47 Å². The van der Waals surface area contributed by atoms with Gasteiger partial charge in [0.25, 0.3) is 5.91 Å². The summed E-state index contributed by atoms with van der Waals surface area (Å²) in [6.45, 7) is 0.712. The summed E-state index contributed by atoms with van der Waals surface area (Å²) in [5, 5.41) is 10.0. The number of ether oxygens (including phenoxy) is 2. The molecule has 0 radical (unpaired) electrons. The van der Waals surface area contributed by atoms with E-state index in [1.165, 1.54) is 0 Å². The van der Waals surface area contributed by atoms with Crippen LogP contribution < -0.4 is 14.8 Å². The summed E-state index contributed by atoms with van der Waals surface area (Å²) in [5.74, 6) is 1.81. The molecule has 0 bridgehead atoms. The van der Waals surface area contributed by atoms with Gasteiger partial charge in [-0.2, -0.15) is 5.10 Å². The first-order chi connectivity index (χ1) is 15.6. The summed E-state index contributed by atoms with van der Waals surface area (Å²) in [4.78, 5) is 16.6. The molecule has 8 heteroatoms. The van der Waals surface area contributed by atoms with Crippen LogP contribution in [0.3, 0.4) is 0 Å². The molecule has 8 nitrogen and oxygen atoms in total. The quantitative estimate of drug-likeness (QED) is 0.421. The van der Waals surface area contributed by atoms with Crippen LogP contribution in [-0.2, 0) is 19.4 Å². The maximum Gasteiger partial charge on any atom is 0.256 e. The number of benzene rings is 2. The Morgan fingerprint density at radius 3 is 2.41 bits per heavy atom. The normalized spacial score (nSPS) is 10.7. The summed E-state index contributed by atoms with van der Waals surface area (Å²) >= 11 is 0. The number of carbonyl (C=O) groups excluding carboxylic acids is 1. The topological polar surface area (TPSA) is 94.1 Å². The number of H-pyrrole nitrogens is 1. The van der Waals surface area contributed by atoms with Crippen molar-refractivity contribution in [2.75, 3.05) is 19.5 Å². The van der Waals surface area contributed by atoms with Crippen LogP contribution in [0.2, 0.25) is 0 Å². The molecule has 2 aromatic carbocycles. The van der Waals surface area contributed by atoms with Crippen LogP contribution in [0.5, 0.6) is 11.5 Å². The van der Waals surface area contributed by atoms with E-state index in [0.717, 1.165) is 41.2 Å². The number of anilines is 1. The van der Waals surface area contributed by atoms with Crippen LogP contribution in [0.4, 0.5) is 5.82 Å². The Hall–Kier alpha value is -4.07. The smallest absolute Gasteiger partial charge is 0.256 e. The molecule has 164 valence electrons. The highest BCUT2D eigenvalue weighted by Gasteiger charge is 2.10. The fourth-order valence-corrected chi connectivity index (χ4v) is 3.38. The number of aromatic nitrogens is 4. The maximum atomic E-state index is 12.6. The Morgan fingerprint density at radius 2 is 1.75 bits per heavy atom. The highest BCUT2D eigenvalue weighted by atomic mass is 16.5. The lowest BCUT2D eigenvalue weighted by molar-refractivity contribution is 0.102. The van der Waals surface area contributed by atoms with Gasteiger partial charge in [0, 0.05) is 42.3 Å². The van der Waals surface area contributed by atoms with Gasteiger partial charge in [0.2, 0.25) is 0 Å². The van der Waals surface area contributed by atoms with Crippen LogP contribution in [-0.4, -0.2) is 39.9 Å². The van der Waals surface area contributed by atoms with E-state index in [-0.39, 0.29) is 5.91 Å². The molecule has 4 rings (SSSR count). The minimum absolute atomic E-state index is 0.199. The van der Waals surface area contributed by atoms with Gasteiger partial charge in [-0.3, -0.25) is 9.89 Å². The molecule has 0 spiro atoms. The third-order valence-corrected chi connectivity index (χ3v) is 5.11. The molecule has 0 atom stereocenters. The zero-order valence-electron chi connectivity index (χ0n) is 18.0. The van der Waals surface area contributed by atoms with Crippen LogP contribution in [0.1, 0.15) is 27.2 Å². The Morgan fingerprint density at radius 1 is 1.00 bits per heavy atom. The first-order valence-corrected chi connectivity index (χ1v) is 10.2. The molecule has 0 saturated carbocycles. The van der Waals surface area contributed by atoms with Crippen molar-refractivity contribution in [3.8, 4) is 11.5 Å². The zero-order valence-corrected chi connectivity index (χ0v) is 18.0. The molecule has 2 heterocycles. The molecule has 0 aliphatic heterocycles. The Bertz CT molecular complexity index is 1140. The molecule has 0 aliphatic rings. The lowest BCUT2D eigenvalue weighted by Crippen LogP contribution is -2.12. The van der Waals surface area contributed by atoms with Gasteiger partial charge in [0.15, 0.2) is 5.82 Å². The van der Waals surface area contributed by atoms with Gasteiger partial charge in [-0.25, -0.2) is 4.98 Å². The van der Waals surface area contributed by atoms with Crippen molar-refractivity contribution in [3.05, 3.63) is 89.6 Å². The largest absolute Gasteiger partial charge is 0.497 e. The van der Waals surface area contributed by atoms with E-state index >= 15 is 0 Å². The molecule has 0 unspecified atom stereocenters. The molecule has 2 N–H and O–H groups in total. The molecule has 1 amide bonds. The number of methoxy groups -OCH3 is 2. The number of hydrogen-bond donors (Lipinski definition) is 2. The molecule has 0 aliphatic carbocycles. The maximum absolute atomic E-state index is 12.6. The van der Waals surface area contributed by atoms with Crippen LogP contribution >= 0.6 is 0 Å². The summed E-state index contributed by atoms with van der Waals surface area (Å²) < 4.78 is 12.6. The number of aryl methyl sites for hydroxylation is 2. The number of nitrogens with zero attached hydrogens (tertiary/aromatic N) is 3. The van der Waals surface area contributed by atoms with Crippen molar-refractivity contribution in [3.63, 3.8) is 0 Å². The van der Waals surface area contributed by atoms with Gasteiger partial charge < -0.3 is 19.4 Å². The first kappa shape index (κ1) is 21.2. The second kappa shape index (κ2) is 9.82. The van der Waals surface area contributed by atoms with Gasteiger partial charge in [-0.05, 0) is 48.2 Å². The number of amides is 1.